The summed E-state index contributed by atoms with van der Waals surface area (Å²) in [5.74, 6) is -0.426. The molecule has 4 saturated heterocycles. The molecule has 0 radical (unpaired) electrons. The van der Waals surface area contributed by atoms with Crippen molar-refractivity contribution >= 4 is 52.0 Å². The van der Waals surface area contributed by atoms with E-state index in [1.54, 1.807) is 14.7 Å². The van der Waals surface area contributed by atoms with Gasteiger partial charge in [0.15, 0.2) is 35.5 Å². The van der Waals surface area contributed by atoms with E-state index in [9.17, 15) is 19.2 Å². The molecule has 5 aliphatic rings. The second kappa shape index (κ2) is 19.3. The molecule has 8 heterocycles. The lowest BCUT2D eigenvalue weighted by Gasteiger charge is -2.49. The average molecular weight is 993 g/mol. The minimum absolute atomic E-state index is 0.105. The number of imide groups is 1. The number of carbonyl (C=O) groups is 4. The number of nitrogens with zero attached hydrogens (tertiary/aromatic N) is 11. The number of likely N-dealkylation sites (tertiary alicyclic amines) is 2. The lowest BCUT2D eigenvalue weighted by Crippen LogP contribution is -2.61. The number of nitrogen functional groups attached to an aromatic ring is 1. The third-order valence-corrected chi connectivity index (χ3v) is 14.9. The summed E-state index contributed by atoms with van der Waals surface area (Å²) in [6.45, 7) is 14.1. The highest BCUT2D eigenvalue weighted by molar-refractivity contribution is 6.02. The number of nitrogens with one attached hydrogen (secondary N) is 2. The van der Waals surface area contributed by atoms with Gasteiger partial charge >= 0.3 is 6.09 Å². The van der Waals surface area contributed by atoms with Gasteiger partial charge in [0, 0.05) is 88.3 Å². The summed E-state index contributed by atoms with van der Waals surface area (Å²) >= 11 is 0. The van der Waals surface area contributed by atoms with Crippen LogP contribution in [0.4, 0.5) is 30.8 Å². The Morgan fingerprint density at radius 2 is 1.58 bits per heavy atom. The summed E-state index contributed by atoms with van der Waals surface area (Å²) in [6.07, 6.45) is 9.85. The van der Waals surface area contributed by atoms with E-state index in [2.05, 4.69) is 44.5 Å². The van der Waals surface area contributed by atoms with Gasteiger partial charge in [0.25, 0.3) is 5.91 Å². The van der Waals surface area contributed by atoms with E-state index in [0.29, 0.717) is 104 Å². The molecule has 5 aromatic rings. The summed E-state index contributed by atoms with van der Waals surface area (Å²) in [4.78, 5) is 76.1. The molecule has 72 heavy (non-hydrogen) atoms. The fraction of sp³-hybridized carbons (Fsp3) is 0.560. The lowest BCUT2D eigenvalue weighted by molar-refractivity contribution is -0.136. The minimum Gasteiger partial charge on any atom is -0.439 e. The molecule has 1 unspecified atom stereocenters. The predicted molar refractivity (Wildman–Crippen MR) is 261 cm³/mol. The van der Waals surface area contributed by atoms with Gasteiger partial charge in [-0.25, -0.2) is 38.2 Å². The van der Waals surface area contributed by atoms with Gasteiger partial charge in [-0.2, -0.15) is 5.10 Å². The Hall–Kier alpha value is -6.84. The molecule has 1 saturated carbocycles. The first-order chi connectivity index (χ1) is 34.4. The van der Waals surface area contributed by atoms with Crippen molar-refractivity contribution in [2.24, 2.45) is 5.92 Å². The third kappa shape index (κ3) is 9.88. The maximum atomic E-state index is 15.5. The van der Waals surface area contributed by atoms with Crippen molar-refractivity contribution < 1.29 is 37.2 Å². The molecule has 0 spiro atoms. The zero-order chi connectivity index (χ0) is 50.6. The molecule has 5 fully saturated rings. The van der Waals surface area contributed by atoms with Gasteiger partial charge in [0.2, 0.25) is 11.8 Å². The summed E-state index contributed by atoms with van der Waals surface area (Å²) in [5, 5.41) is 15.1. The molecule has 10 rings (SSSR count). The molecule has 1 aliphatic carbocycles. The van der Waals surface area contributed by atoms with Gasteiger partial charge < -0.3 is 35.0 Å². The van der Waals surface area contributed by atoms with Crippen LogP contribution in [0.5, 0.6) is 0 Å². The van der Waals surface area contributed by atoms with Crippen LogP contribution in [0.2, 0.25) is 0 Å². The number of carbonyl (C=O) groups excluding carboxylic acids is 4. The van der Waals surface area contributed by atoms with E-state index in [1.165, 1.54) is 18.5 Å². The van der Waals surface area contributed by atoms with Crippen LogP contribution in [0.3, 0.4) is 0 Å². The number of hydrogen-bond acceptors (Lipinski definition) is 16. The number of halogens is 2. The van der Waals surface area contributed by atoms with Gasteiger partial charge in [-0.05, 0) is 109 Å². The number of fused-ring (bicyclic) bond motifs is 1. The Morgan fingerprint density at radius 1 is 0.889 bits per heavy atom. The zero-order valence-corrected chi connectivity index (χ0v) is 41.4. The SMILES string of the molecule is CC1(C)CN(c2c(F)cc(NC3CCC(=O)NC3=O)cc2F)CCN1CC1CCN(C(=O)COC(=O)N2CCC(c3cnc(-c4c(-c5nn(C(C)(C)C)c6ncnc(N)c56)noc4C4CC4)nc3)CC2)CC1. The number of hydrogen-bond donors (Lipinski definition) is 3. The molecule has 22 heteroatoms. The van der Waals surface area contributed by atoms with E-state index in [-0.39, 0.29) is 54.5 Å². The van der Waals surface area contributed by atoms with Crippen molar-refractivity contribution in [1.29, 1.82) is 0 Å². The Labute approximate surface area is 415 Å². The van der Waals surface area contributed by atoms with Crippen LogP contribution in [0.15, 0.2) is 35.4 Å². The van der Waals surface area contributed by atoms with E-state index in [0.717, 1.165) is 43.6 Å². The molecular weight excluding hydrogens is 931 g/mol. The van der Waals surface area contributed by atoms with Crippen LogP contribution in [0.1, 0.15) is 109 Å². The van der Waals surface area contributed by atoms with Crippen LogP contribution < -0.4 is 21.3 Å². The molecule has 4 aromatic heterocycles. The van der Waals surface area contributed by atoms with E-state index in [4.69, 9.17) is 30.1 Å². The number of piperidine rings is 3. The normalized spacial score (nSPS) is 20.5. The van der Waals surface area contributed by atoms with Crippen LogP contribution in [-0.4, -0.2) is 144 Å². The van der Waals surface area contributed by atoms with Crippen LogP contribution >= 0.6 is 0 Å². The number of rotatable bonds is 11. The van der Waals surface area contributed by atoms with Crippen LogP contribution in [0.25, 0.3) is 33.8 Å². The van der Waals surface area contributed by atoms with Gasteiger partial charge in [0.05, 0.1) is 16.5 Å². The highest BCUT2D eigenvalue weighted by Crippen LogP contribution is 2.48. The predicted octanol–water partition coefficient (Wildman–Crippen LogP) is 5.80. The highest BCUT2D eigenvalue weighted by atomic mass is 19.1. The number of anilines is 3. The van der Waals surface area contributed by atoms with E-state index < -0.39 is 40.8 Å². The van der Waals surface area contributed by atoms with Crippen molar-refractivity contribution in [3.63, 3.8) is 0 Å². The second-order valence-corrected chi connectivity index (χ2v) is 21.5. The van der Waals surface area contributed by atoms with E-state index >= 15 is 8.78 Å². The van der Waals surface area contributed by atoms with Crippen molar-refractivity contribution in [1.82, 2.24) is 54.9 Å². The van der Waals surface area contributed by atoms with Crippen molar-refractivity contribution in [3.8, 4) is 22.8 Å². The lowest BCUT2D eigenvalue weighted by atomic mass is 9.91. The second-order valence-electron chi connectivity index (χ2n) is 21.5. The van der Waals surface area contributed by atoms with Gasteiger partial charge in [-0.15, -0.1) is 0 Å². The van der Waals surface area contributed by atoms with Crippen LogP contribution in [0, 0.1) is 17.6 Å². The Bertz CT molecular complexity index is 2860. The molecule has 0 bridgehead atoms. The number of ether oxygens (including phenoxy) is 1. The monoisotopic (exact) mass is 992 g/mol. The van der Waals surface area contributed by atoms with Crippen molar-refractivity contribution in [2.75, 3.05) is 74.9 Å². The molecule has 20 nitrogen and oxygen atoms in total. The summed E-state index contributed by atoms with van der Waals surface area (Å²) < 4.78 is 44.4. The number of nitrogens with two attached hydrogens (primary N) is 1. The standard InChI is InChI=1S/C50H62F2N14O6/c1-49(2,3)66-46-39(44(53)56-27-57-46)40(60-66)41-38(43(72-61-41)30-6-7-30)45-54-22-31(23-55-45)29-12-16-63(17-13-29)48(70)71-25-37(68)62-14-10-28(11-15-62)24-65-19-18-64(26-50(65,4)5)42-33(51)20-32(21-34(42)52)58-35-8-9-36(67)59-47(35)69/h20-23,27-30,35,58H,6-19,24-26H2,1-5H3,(H2,53,56,57)(H,59,67,69). The van der Waals surface area contributed by atoms with Crippen molar-refractivity contribution in [3.05, 3.63) is 53.8 Å². The number of amides is 4. The first-order valence-corrected chi connectivity index (χ1v) is 25.0. The zero-order valence-electron chi connectivity index (χ0n) is 41.4. The molecule has 1 aromatic carbocycles. The summed E-state index contributed by atoms with van der Waals surface area (Å²) in [7, 11) is 0. The Morgan fingerprint density at radius 3 is 2.24 bits per heavy atom. The smallest absolute Gasteiger partial charge is 0.410 e. The molecular formula is C50H62F2N14O6. The first-order valence-electron chi connectivity index (χ1n) is 25.0. The van der Waals surface area contributed by atoms with Gasteiger partial charge in [0.1, 0.15) is 35.3 Å². The number of aromatic nitrogens is 7. The Balaban J connectivity index is 0.680. The average Bonchev–Trinajstić information content (AvgIpc) is 3.96. The molecule has 1 atom stereocenters. The maximum absolute atomic E-state index is 15.5. The molecule has 4 aliphatic heterocycles. The quantitative estimate of drug-likeness (QED) is 0.133. The van der Waals surface area contributed by atoms with Gasteiger partial charge in [-0.3, -0.25) is 24.6 Å². The molecule has 4 N–H and O–H groups in total. The largest absolute Gasteiger partial charge is 0.439 e. The highest BCUT2D eigenvalue weighted by Gasteiger charge is 2.40. The molecule has 382 valence electrons. The molecule has 4 amide bonds. The van der Waals surface area contributed by atoms with Crippen molar-refractivity contribution in [2.45, 2.75) is 115 Å². The fourth-order valence-corrected chi connectivity index (χ4v) is 10.7. The fourth-order valence-electron chi connectivity index (χ4n) is 10.7. The summed E-state index contributed by atoms with van der Waals surface area (Å²) in [5.41, 5.74) is 8.88. The summed E-state index contributed by atoms with van der Waals surface area (Å²) in [6, 6.07) is 1.63. The number of piperazine rings is 1. The van der Waals surface area contributed by atoms with Gasteiger partial charge in [-0.1, -0.05) is 5.16 Å². The third-order valence-electron chi connectivity index (χ3n) is 14.9. The maximum Gasteiger partial charge on any atom is 0.410 e. The first kappa shape index (κ1) is 48.8. The minimum atomic E-state index is -0.755. The topological polar surface area (TPSA) is 236 Å². The van der Waals surface area contributed by atoms with Crippen LogP contribution in [-0.2, 0) is 24.7 Å². The Kier molecular flexibility index (Phi) is 13.1. The number of benzene rings is 1. The van der Waals surface area contributed by atoms with E-state index in [1.807, 2.05) is 37.8 Å².